The largest absolute Gasteiger partial charge is 0.497 e. The predicted octanol–water partition coefficient (Wildman–Crippen LogP) is 3.67. The minimum Gasteiger partial charge on any atom is -0.497 e. The van der Waals surface area contributed by atoms with Gasteiger partial charge in [0.1, 0.15) is 11.6 Å². The molecule has 2 heterocycles. The van der Waals surface area contributed by atoms with Crippen LogP contribution in [0.5, 0.6) is 5.75 Å². The Hall–Kier alpha value is -3.54. The zero-order valence-corrected chi connectivity index (χ0v) is 16.4. The van der Waals surface area contributed by atoms with Gasteiger partial charge in [-0.05, 0) is 48.5 Å². The summed E-state index contributed by atoms with van der Waals surface area (Å²) < 4.78 is 5.12. The number of carbonyl (C=O) groups is 1. The zero-order valence-electron chi connectivity index (χ0n) is 16.4. The van der Waals surface area contributed by atoms with Crippen LogP contribution in [0, 0.1) is 0 Å². The maximum absolute atomic E-state index is 12.4. The average molecular weight is 388 g/mol. The lowest BCUT2D eigenvalue weighted by molar-refractivity contribution is 0.102. The molecule has 1 saturated heterocycles. The molecule has 6 nitrogen and oxygen atoms in total. The highest BCUT2D eigenvalue weighted by atomic mass is 16.5. The predicted molar refractivity (Wildman–Crippen MR) is 116 cm³/mol. The monoisotopic (exact) mass is 388 g/mol. The van der Waals surface area contributed by atoms with Crippen LogP contribution in [0.2, 0.25) is 0 Å². The van der Waals surface area contributed by atoms with Crippen molar-refractivity contribution in [3.05, 3.63) is 78.5 Å². The van der Waals surface area contributed by atoms with Gasteiger partial charge >= 0.3 is 0 Å². The van der Waals surface area contributed by atoms with E-state index in [0.717, 1.165) is 37.6 Å². The standard InChI is InChI=1S/C23H24N4O2/c1-29-21-10-7-18(8-11-21)23(28)25-22-12-9-20(17-24-22)27-15-13-26(14-16-27)19-5-3-2-4-6-19/h2-12,17H,13-16H2,1H3,(H,24,25,28). The molecule has 0 unspecified atom stereocenters. The molecule has 3 aromatic rings. The van der Waals surface area contributed by atoms with Gasteiger partial charge in [-0.15, -0.1) is 0 Å². The third-order valence-electron chi connectivity index (χ3n) is 5.11. The molecule has 0 atom stereocenters. The van der Waals surface area contributed by atoms with E-state index >= 15 is 0 Å². The Bertz CT molecular complexity index is 935. The van der Waals surface area contributed by atoms with E-state index < -0.39 is 0 Å². The SMILES string of the molecule is COc1ccc(C(=O)Nc2ccc(N3CCN(c4ccccc4)CC3)cn2)cc1. The first-order chi connectivity index (χ1) is 14.2. The number of para-hydroxylation sites is 1. The van der Waals surface area contributed by atoms with Crippen molar-refractivity contribution in [3.8, 4) is 5.75 Å². The first-order valence-corrected chi connectivity index (χ1v) is 9.69. The Morgan fingerprint density at radius 3 is 2.10 bits per heavy atom. The lowest BCUT2D eigenvalue weighted by Gasteiger charge is -2.37. The van der Waals surface area contributed by atoms with E-state index in [-0.39, 0.29) is 5.91 Å². The molecule has 1 amide bonds. The Morgan fingerprint density at radius 2 is 1.52 bits per heavy atom. The Morgan fingerprint density at radius 1 is 0.862 bits per heavy atom. The molecule has 1 fully saturated rings. The summed E-state index contributed by atoms with van der Waals surface area (Å²) in [5, 5.41) is 2.84. The number of ether oxygens (including phenoxy) is 1. The van der Waals surface area contributed by atoms with Gasteiger partial charge in [0.25, 0.3) is 5.91 Å². The number of aromatic nitrogens is 1. The van der Waals surface area contributed by atoms with Gasteiger partial charge in [-0.1, -0.05) is 18.2 Å². The molecular weight excluding hydrogens is 364 g/mol. The highest BCUT2D eigenvalue weighted by Crippen LogP contribution is 2.21. The normalized spacial score (nSPS) is 13.8. The van der Waals surface area contributed by atoms with Crippen molar-refractivity contribution in [1.29, 1.82) is 0 Å². The van der Waals surface area contributed by atoms with E-state index in [9.17, 15) is 4.79 Å². The van der Waals surface area contributed by atoms with E-state index in [0.29, 0.717) is 11.4 Å². The first-order valence-electron chi connectivity index (χ1n) is 9.69. The summed E-state index contributed by atoms with van der Waals surface area (Å²) in [5.41, 5.74) is 2.90. The number of nitrogens with one attached hydrogen (secondary N) is 1. The van der Waals surface area contributed by atoms with Crippen molar-refractivity contribution < 1.29 is 9.53 Å². The summed E-state index contributed by atoms with van der Waals surface area (Å²) in [4.78, 5) is 21.5. The van der Waals surface area contributed by atoms with Gasteiger partial charge in [0.05, 0.1) is 19.0 Å². The third-order valence-corrected chi connectivity index (χ3v) is 5.11. The molecule has 0 saturated carbocycles. The summed E-state index contributed by atoms with van der Waals surface area (Å²) in [6.07, 6.45) is 1.82. The van der Waals surface area contributed by atoms with E-state index in [4.69, 9.17) is 4.74 Å². The van der Waals surface area contributed by atoms with Crippen LogP contribution < -0.4 is 19.9 Å². The van der Waals surface area contributed by atoms with Crippen LogP contribution in [0.1, 0.15) is 10.4 Å². The third kappa shape index (κ3) is 4.48. The fraction of sp³-hybridized carbons (Fsp3) is 0.217. The minimum atomic E-state index is -0.190. The Labute approximate surface area is 170 Å². The summed E-state index contributed by atoms with van der Waals surface area (Å²) in [7, 11) is 1.60. The smallest absolute Gasteiger partial charge is 0.256 e. The van der Waals surface area contributed by atoms with Crippen molar-refractivity contribution in [1.82, 2.24) is 4.98 Å². The van der Waals surface area contributed by atoms with Gasteiger partial charge in [0, 0.05) is 37.4 Å². The molecule has 1 aliphatic heterocycles. The zero-order chi connectivity index (χ0) is 20.1. The molecule has 1 N–H and O–H groups in total. The van der Waals surface area contributed by atoms with E-state index in [1.54, 1.807) is 31.4 Å². The van der Waals surface area contributed by atoms with Crippen molar-refractivity contribution in [3.63, 3.8) is 0 Å². The van der Waals surface area contributed by atoms with Crippen LogP contribution >= 0.6 is 0 Å². The number of amides is 1. The van der Waals surface area contributed by atoms with E-state index in [1.165, 1.54) is 5.69 Å². The maximum Gasteiger partial charge on any atom is 0.256 e. The molecule has 0 bridgehead atoms. The number of benzene rings is 2. The summed E-state index contributed by atoms with van der Waals surface area (Å²) >= 11 is 0. The van der Waals surface area contributed by atoms with Gasteiger partial charge in [0.2, 0.25) is 0 Å². The molecule has 2 aromatic carbocycles. The summed E-state index contributed by atoms with van der Waals surface area (Å²) in [6, 6.07) is 21.3. The fourth-order valence-electron chi connectivity index (χ4n) is 3.44. The first kappa shape index (κ1) is 18.8. The number of anilines is 3. The van der Waals surface area contributed by atoms with Gasteiger partial charge in [-0.2, -0.15) is 0 Å². The topological polar surface area (TPSA) is 57.7 Å². The van der Waals surface area contributed by atoms with Crippen molar-refractivity contribution >= 4 is 23.1 Å². The number of methoxy groups -OCH3 is 1. The van der Waals surface area contributed by atoms with Crippen LogP contribution in [0.15, 0.2) is 72.9 Å². The second-order valence-electron chi connectivity index (χ2n) is 6.89. The van der Waals surface area contributed by atoms with Gasteiger partial charge in [0.15, 0.2) is 0 Å². The molecule has 0 radical (unpaired) electrons. The van der Waals surface area contributed by atoms with E-state index in [1.807, 2.05) is 24.4 Å². The van der Waals surface area contributed by atoms with Crippen LogP contribution in [0.25, 0.3) is 0 Å². The average Bonchev–Trinajstić information content (AvgIpc) is 2.80. The molecule has 0 aliphatic carbocycles. The molecule has 148 valence electrons. The number of hydrogen-bond donors (Lipinski definition) is 1. The summed E-state index contributed by atoms with van der Waals surface area (Å²) in [5.74, 6) is 1.07. The molecule has 1 aromatic heterocycles. The molecule has 0 spiro atoms. The highest BCUT2D eigenvalue weighted by molar-refractivity contribution is 6.03. The quantitative estimate of drug-likeness (QED) is 0.723. The minimum absolute atomic E-state index is 0.190. The lowest BCUT2D eigenvalue weighted by Crippen LogP contribution is -2.46. The van der Waals surface area contributed by atoms with Crippen LogP contribution in [0.4, 0.5) is 17.2 Å². The van der Waals surface area contributed by atoms with Gasteiger partial charge in [-0.25, -0.2) is 4.98 Å². The second-order valence-corrected chi connectivity index (χ2v) is 6.89. The van der Waals surface area contributed by atoms with Gasteiger partial charge < -0.3 is 19.9 Å². The van der Waals surface area contributed by atoms with Crippen molar-refractivity contribution in [2.75, 3.05) is 48.4 Å². The number of nitrogens with zero attached hydrogens (tertiary/aromatic N) is 3. The van der Waals surface area contributed by atoms with Gasteiger partial charge in [-0.3, -0.25) is 4.79 Å². The van der Waals surface area contributed by atoms with Crippen LogP contribution in [0.3, 0.4) is 0 Å². The Kier molecular flexibility index (Phi) is 5.61. The molecular formula is C23H24N4O2. The highest BCUT2D eigenvalue weighted by Gasteiger charge is 2.17. The Balaban J connectivity index is 1.34. The number of carbonyl (C=O) groups excluding carboxylic acids is 1. The number of rotatable bonds is 5. The summed E-state index contributed by atoms with van der Waals surface area (Å²) in [6.45, 7) is 3.82. The van der Waals surface area contributed by atoms with Crippen LogP contribution in [-0.4, -0.2) is 44.2 Å². The number of piperazine rings is 1. The second kappa shape index (κ2) is 8.65. The molecule has 29 heavy (non-hydrogen) atoms. The maximum atomic E-state index is 12.4. The van der Waals surface area contributed by atoms with Crippen molar-refractivity contribution in [2.45, 2.75) is 0 Å². The number of pyridine rings is 1. The molecule has 4 rings (SSSR count). The lowest BCUT2D eigenvalue weighted by atomic mass is 10.2. The van der Waals surface area contributed by atoms with E-state index in [2.05, 4.69) is 44.4 Å². The molecule has 1 aliphatic rings. The number of hydrogen-bond acceptors (Lipinski definition) is 5. The van der Waals surface area contributed by atoms with Crippen LogP contribution in [-0.2, 0) is 0 Å². The fourth-order valence-corrected chi connectivity index (χ4v) is 3.44. The van der Waals surface area contributed by atoms with Crippen molar-refractivity contribution in [2.24, 2.45) is 0 Å². The molecule has 6 heteroatoms.